The Bertz CT molecular complexity index is 866. The van der Waals surface area contributed by atoms with E-state index in [4.69, 9.17) is 9.47 Å². The summed E-state index contributed by atoms with van der Waals surface area (Å²) in [6.45, 7) is 15.6. The molecule has 1 heterocycles. The van der Waals surface area contributed by atoms with E-state index >= 15 is 0 Å². The Morgan fingerprint density at radius 1 is 1.14 bits per heavy atom. The number of nitrogens with zero attached hydrogens (tertiary/aromatic N) is 2. The molecule has 2 unspecified atom stereocenters. The van der Waals surface area contributed by atoms with Crippen molar-refractivity contribution in [2.75, 3.05) is 52.0 Å². The second-order valence-corrected chi connectivity index (χ2v) is 10.8. The van der Waals surface area contributed by atoms with Gasteiger partial charge in [-0.05, 0) is 90.5 Å². The molecule has 1 N–H and O–H groups in total. The molecular formula is C29H49N3O4. The molecule has 1 saturated heterocycles. The lowest BCUT2D eigenvalue weighted by atomic mass is 9.86. The molecule has 36 heavy (non-hydrogen) atoms. The fourth-order valence-electron chi connectivity index (χ4n) is 5.20. The van der Waals surface area contributed by atoms with Crippen LogP contribution in [-0.4, -0.2) is 75.9 Å². The zero-order valence-electron chi connectivity index (χ0n) is 23.9. The topological polar surface area (TPSA) is 71.1 Å². The van der Waals surface area contributed by atoms with E-state index < -0.39 is 5.41 Å². The Hall–Kier alpha value is -1.96. The lowest BCUT2D eigenvalue weighted by Gasteiger charge is -2.38. The Labute approximate surface area is 218 Å². The van der Waals surface area contributed by atoms with Crippen molar-refractivity contribution in [2.24, 2.45) is 5.41 Å². The minimum absolute atomic E-state index is 0.0341. The summed E-state index contributed by atoms with van der Waals surface area (Å²) < 4.78 is 10.7. The zero-order chi connectivity index (χ0) is 26.9. The molecule has 7 nitrogen and oxygen atoms in total. The third-order valence-electron chi connectivity index (χ3n) is 7.50. The van der Waals surface area contributed by atoms with Crippen LogP contribution in [0, 0.1) is 19.3 Å². The number of amides is 2. The summed E-state index contributed by atoms with van der Waals surface area (Å²) in [6.07, 6.45) is 4.41. The highest BCUT2D eigenvalue weighted by atomic mass is 16.5. The van der Waals surface area contributed by atoms with Crippen molar-refractivity contribution in [1.29, 1.82) is 0 Å². The second-order valence-electron chi connectivity index (χ2n) is 10.8. The number of nitrogens with one attached hydrogen (secondary N) is 1. The summed E-state index contributed by atoms with van der Waals surface area (Å²) in [5.41, 5.74) is 2.78. The van der Waals surface area contributed by atoms with Gasteiger partial charge < -0.3 is 24.6 Å². The van der Waals surface area contributed by atoms with E-state index in [1.807, 2.05) is 43.6 Å². The lowest BCUT2D eigenvalue weighted by molar-refractivity contribution is -0.130. The number of benzene rings is 1. The van der Waals surface area contributed by atoms with Gasteiger partial charge in [0.25, 0.3) is 5.91 Å². The molecule has 0 radical (unpaired) electrons. The van der Waals surface area contributed by atoms with Gasteiger partial charge >= 0.3 is 0 Å². The fourth-order valence-corrected chi connectivity index (χ4v) is 5.20. The monoisotopic (exact) mass is 503 g/mol. The average molecular weight is 504 g/mol. The van der Waals surface area contributed by atoms with Gasteiger partial charge in [-0.3, -0.25) is 9.59 Å². The SMILES string of the molecule is CCC(C)(COC)C(=O)N(CCCCOC)c1cc(C(=O)N(C(C)C)C2CCCNC2)c(C)cc1C. The van der Waals surface area contributed by atoms with Crippen molar-refractivity contribution in [3.8, 4) is 0 Å². The van der Waals surface area contributed by atoms with E-state index in [9.17, 15) is 9.59 Å². The number of carbonyl (C=O) groups is 2. The van der Waals surface area contributed by atoms with Crippen LogP contribution in [0.4, 0.5) is 5.69 Å². The molecule has 1 aliphatic rings. The fraction of sp³-hybridized carbons (Fsp3) is 0.724. The van der Waals surface area contributed by atoms with Gasteiger partial charge in [0.05, 0.1) is 12.0 Å². The number of anilines is 1. The number of piperidine rings is 1. The van der Waals surface area contributed by atoms with Gasteiger partial charge in [0.2, 0.25) is 5.91 Å². The van der Waals surface area contributed by atoms with Crippen molar-refractivity contribution < 1.29 is 19.1 Å². The van der Waals surface area contributed by atoms with E-state index in [0.29, 0.717) is 31.7 Å². The van der Waals surface area contributed by atoms with Crippen molar-refractivity contribution in [2.45, 2.75) is 85.7 Å². The number of hydrogen-bond acceptors (Lipinski definition) is 5. The summed E-state index contributed by atoms with van der Waals surface area (Å²) in [5.74, 6) is 0.0752. The average Bonchev–Trinajstić information content (AvgIpc) is 2.85. The van der Waals surface area contributed by atoms with Crippen molar-refractivity contribution >= 4 is 17.5 Å². The highest BCUT2D eigenvalue weighted by molar-refractivity contribution is 6.01. The predicted octanol–water partition coefficient (Wildman–Crippen LogP) is 4.73. The number of rotatable bonds is 13. The van der Waals surface area contributed by atoms with Gasteiger partial charge in [-0.1, -0.05) is 13.0 Å². The van der Waals surface area contributed by atoms with Crippen LogP contribution in [0.2, 0.25) is 0 Å². The van der Waals surface area contributed by atoms with Crippen molar-refractivity contribution in [1.82, 2.24) is 10.2 Å². The van der Waals surface area contributed by atoms with E-state index in [2.05, 4.69) is 25.2 Å². The third-order valence-corrected chi connectivity index (χ3v) is 7.50. The molecule has 1 aromatic carbocycles. The molecule has 2 atom stereocenters. The number of unbranched alkanes of at least 4 members (excludes halogenated alkanes) is 1. The standard InChI is InChI=1S/C29H49N3O4/c1-9-29(6,20-36-8)28(34)31(15-10-11-16-35-7)26-18-25(22(4)17-23(26)5)27(33)32(21(2)3)24-13-12-14-30-19-24/h17-18,21,24,30H,9-16,19-20H2,1-8H3. The molecule has 0 aliphatic carbocycles. The van der Waals surface area contributed by atoms with E-state index in [1.165, 1.54) is 0 Å². The molecule has 1 aliphatic heterocycles. The maximum Gasteiger partial charge on any atom is 0.254 e. The van der Waals surface area contributed by atoms with Gasteiger partial charge in [-0.25, -0.2) is 0 Å². The first-order valence-corrected chi connectivity index (χ1v) is 13.6. The molecular weight excluding hydrogens is 454 g/mol. The van der Waals surface area contributed by atoms with Crippen LogP contribution in [0.15, 0.2) is 12.1 Å². The molecule has 2 rings (SSSR count). The van der Waals surface area contributed by atoms with E-state index in [-0.39, 0.29) is 23.9 Å². The van der Waals surface area contributed by atoms with Gasteiger partial charge in [-0.2, -0.15) is 0 Å². The molecule has 7 heteroatoms. The Kier molecular flexibility index (Phi) is 11.9. The van der Waals surface area contributed by atoms with Crippen molar-refractivity contribution in [3.63, 3.8) is 0 Å². The summed E-state index contributed by atoms with van der Waals surface area (Å²) >= 11 is 0. The molecule has 1 fully saturated rings. The molecule has 2 amide bonds. The quantitative estimate of drug-likeness (QED) is 0.394. The Balaban J connectivity index is 2.51. The van der Waals surface area contributed by atoms with Gasteiger partial charge in [0.1, 0.15) is 0 Å². The number of methoxy groups -OCH3 is 2. The summed E-state index contributed by atoms with van der Waals surface area (Å²) in [6, 6.07) is 4.26. The highest BCUT2D eigenvalue weighted by Crippen LogP contribution is 2.32. The minimum atomic E-state index is -0.644. The van der Waals surface area contributed by atoms with Crippen LogP contribution >= 0.6 is 0 Å². The Morgan fingerprint density at radius 2 is 1.86 bits per heavy atom. The number of ether oxygens (including phenoxy) is 2. The minimum Gasteiger partial charge on any atom is -0.385 e. The first kappa shape index (κ1) is 30.3. The van der Waals surface area contributed by atoms with Crippen LogP contribution in [-0.2, 0) is 14.3 Å². The number of carbonyl (C=O) groups excluding carboxylic acids is 2. The summed E-state index contributed by atoms with van der Waals surface area (Å²) in [7, 11) is 3.33. The first-order chi connectivity index (χ1) is 17.1. The number of hydrogen-bond donors (Lipinski definition) is 1. The van der Waals surface area contributed by atoms with Gasteiger partial charge in [0, 0.05) is 57.3 Å². The third kappa shape index (κ3) is 7.30. The van der Waals surface area contributed by atoms with Crippen LogP contribution in [0.3, 0.4) is 0 Å². The first-order valence-electron chi connectivity index (χ1n) is 13.6. The van der Waals surface area contributed by atoms with Crippen LogP contribution in [0.1, 0.15) is 81.3 Å². The summed E-state index contributed by atoms with van der Waals surface area (Å²) in [5, 5.41) is 3.44. The second kappa shape index (κ2) is 14.1. The predicted molar refractivity (Wildman–Crippen MR) is 147 cm³/mol. The Morgan fingerprint density at radius 3 is 2.42 bits per heavy atom. The van der Waals surface area contributed by atoms with E-state index in [0.717, 1.165) is 55.6 Å². The molecule has 1 aromatic rings. The van der Waals surface area contributed by atoms with Gasteiger partial charge in [0.15, 0.2) is 0 Å². The highest BCUT2D eigenvalue weighted by Gasteiger charge is 2.37. The molecule has 0 bridgehead atoms. The maximum absolute atomic E-state index is 14.0. The van der Waals surface area contributed by atoms with Crippen LogP contribution in [0.5, 0.6) is 0 Å². The van der Waals surface area contributed by atoms with Gasteiger partial charge in [-0.15, -0.1) is 0 Å². The van der Waals surface area contributed by atoms with Crippen LogP contribution < -0.4 is 10.2 Å². The van der Waals surface area contributed by atoms with Crippen LogP contribution in [0.25, 0.3) is 0 Å². The zero-order valence-corrected chi connectivity index (χ0v) is 23.9. The van der Waals surface area contributed by atoms with Crippen molar-refractivity contribution in [3.05, 3.63) is 28.8 Å². The largest absolute Gasteiger partial charge is 0.385 e. The molecule has 0 aromatic heterocycles. The maximum atomic E-state index is 14.0. The number of aryl methyl sites for hydroxylation is 2. The molecule has 0 spiro atoms. The van der Waals surface area contributed by atoms with E-state index in [1.54, 1.807) is 14.2 Å². The normalized spacial score (nSPS) is 17.6. The summed E-state index contributed by atoms with van der Waals surface area (Å²) in [4.78, 5) is 31.9. The smallest absolute Gasteiger partial charge is 0.254 e. The lowest BCUT2D eigenvalue weighted by Crippen LogP contribution is -2.51. The molecule has 0 saturated carbocycles. The molecule has 204 valence electrons.